The van der Waals surface area contributed by atoms with Gasteiger partial charge in [0.2, 0.25) is 10.0 Å². The number of hydrogen-bond donors (Lipinski definition) is 2. The highest BCUT2D eigenvalue weighted by Crippen LogP contribution is 2.32. The van der Waals surface area contributed by atoms with E-state index in [1.165, 1.54) is 35.6 Å². The summed E-state index contributed by atoms with van der Waals surface area (Å²) in [6, 6.07) is 13.3. The Kier molecular flexibility index (Phi) is 5.32. The van der Waals surface area contributed by atoms with Gasteiger partial charge in [0.25, 0.3) is 0 Å². The summed E-state index contributed by atoms with van der Waals surface area (Å²) >= 11 is 3.03. The lowest BCUT2D eigenvalue weighted by atomic mass is 10.2. The number of thiophene rings is 2. The van der Waals surface area contributed by atoms with Gasteiger partial charge in [0.05, 0.1) is 16.5 Å². The lowest BCUT2D eigenvalue weighted by Crippen LogP contribution is -2.28. The molecule has 2 N–H and O–H groups in total. The Morgan fingerprint density at radius 3 is 2.56 bits per heavy atom. The van der Waals surface area contributed by atoms with Crippen LogP contribution in [0.5, 0.6) is 0 Å². The standard InChI is InChI=1S/C17H14N2O3S3/c18-9-12-1-3-14(4-2-12)25(21,22)19-10-15(20)17-6-5-16(24-17)13-7-8-23-11-13/h1-8,11,15,19-20H,10H2. The van der Waals surface area contributed by atoms with Crippen LogP contribution >= 0.6 is 22.7 Å². The molecule has 0 aliphatic rings. The van der Waals surface area contributed by atoms with E-state index in [2.05, 4.69) is 4.72 Å². The fourth-order valence-electron chi connectivity index (χ4n) is 2.17. The van der Waals surface area contributed by atoms with Crippen LogP contribution in [0.25, 0.3) is 10.4 Å². The highest BCUT2D eigenvalue weighted by Gasteiger charge is 2.18. The van der Waals surface area contributed by atoms with Gasteiger partial charge in [0.1, 0.15) is 6.10 Å². The summed E-state index contributed by atoms with van der Waals surface area (Å²) in [5, 5.41) is 23.0. The van der Waals surface area contributed by atoms with Gasteiger partial charge >= 0.3 is 0 Å². The zero-order chi connectivity index (χ0) is 17.9. The van der Waals surface area contributed by atoms with E-state index >= 15 is 0 Å². The minimum absolute atomic E-state index is 0.0591. The molecular weight excluding hydrogens is 376 g/mol. The molecule has 8 heteroatoms. The van der Waals surface area contributed by atoms with Crippen LogP contribution in [-0.2, 0) is 10.0 Å². The first-order valence-electron chi connectivity index (χ1n) is 7.30. The Bertz CT molecular complexity index is 985. The first-order valence-corrected chi connectivity index (χ1v) is 10.5. The molecule has 0 saturated carbocycles. The Balaban J connectivity index is 1.67. The molecule has 0 aliphatic carbocycles. The highest BCUT2D eigenvalue weighted by molar-refractivity contribution is 7.89. The molecule has 3 aromatic rings. The van der Waals surface area contributed by atoms with Crippen LogP contribution in [0.1, 0.15) is 16.5 Å². The lowest BCUT2D eigenvalue weighted by molar-refractivity contribution is 0.186. The van der Waals surface area contributed by atoms with E-state index in [0.717, 1.165) is 10.4 Å². The summed E-state index contributed by atoms with van der Waals surface area (Å²) in [5.41, 5.74) is 1.48. The third kappa shape index (κ3) is 4.15. The van der Waals surface area contributed by atoms with Crippen molar-refractivity contribution in [1.82, 2.24) is 4.72 Å². The van der Waals surface area contributed by atoms with E-state index in [4.69, 9.17) is 5.26 Å². The van der Waals surface area contributed by atoms with Crippen molar-refractivity contribution >= 4 is 32.7 Å². The summed E-state index contributed by atoms with van der Waals surface area (Å²) in [5.74, 6) is 0. The van der Waals surface area contributed by atoms with Gasteiger partial charge in [0.15, 0.2) is 0 Å². The summed E-state index contributed by atoms with van der Waals surface area (Å²) < 4.78 is 26.9. The van der Waals surface area contributed by atoms with Crippen molar-refractivity contribution in [3.05, 3.63) is 63.7 Å². The number of aliphatic hydroxyl groups excluding tert-OH is 1. The second kappa shape index (κ2) is 7.47. The first-order chi connectivity index (χ1) is 12.0. The van der Waals surface area contributed by atoms with Gasteiger partial charge in [-0.1, -0.05) is 0 Å². The van der Waals surface area contributed by atoms with Crippen LogP contribution in [0.4, 0.5) is 0 Å². The molecule has 25 heavy (non-hydrogen) atoms. The minimum atomic E-state index is -3.74. The number of nitrogens with zero attached hydrogens (tertiary/aromatic N) is 1. The number of sulfonamides is 1. The average Bonchev–Trinajstić information content (AvgIpc) is 3.31. The molecule has 0 spiro atoms. The van der Waals surface area contributed by atoms with Crippen molar-refractivity contribution in [2.24, 2.45) is 0 Å². The van der Waals surface area contributed by atoms with Crippen molar-refractivity contribution in [1.29, 1.82) is 5.26 Å². The zero-order valence-corrected chi connectivity index (χ0v) is 15.4. The van der Waals surface area contributed by atoms with E-state index in [0.29, 0.717) is 10.4 Å². The monoisotopic (exact) mass is 390 g/mol. The van der Waals surface area contributed by atoms with Gasteiger partial charge in [-0.25, -0.2) is 13.1 Å². The zero-order valence-electron chi connectivity index (χ0n) is 12.9. The summed E-state index contributed by atoms with van der Waals surface area (Å²) in [7, 11) is -3.74. The van der Waals surface area contributed by atoms with Gasteiger partial charge in [0, 0.05) is 21.9 Å². The largest absolute Gasteiger partial charge is 0.386 e. The molecule has 3 rings (SSSR count). The first kappa shape index (κ1) is 17.8. The SMILES string of the molecule is N#Cc1ccc(S(=O)(=O)NCC(O)c2ccc(-c3ccsc3)s2)cc1. The highest BCUT2D eigenvalue weighted by atomic mass is 32.2. The molecule has 128 valence electrons. The quantitative estimate of drug-likeness (QED) is 0.675. The predicted octanol–water partition coefficient (Wildman–Crippen LogP) is 3.36. The second-order valence-electron chi connectivity index (χ2n) is 5.22. The maximum absolute atomic E-state index is 12.3. The van der Waals surface area contributed by atoms with E-state index < -0.39 is 16.1 Å². The number of hydrogen-bond acceptors (Lipinski definition) is 6. The van der Waals surface area contributed by atoms with Crippen LogP contribution in [0.2, 0.25) is 0 Å². The molecule has 0 saturated heterocycles. The molecule has 0 radical (unpaired) electrons. The van der Waals surface area contributed by atoms with Gasteiger partial charge < -0.3 is 5.11 Å². The van der Waals surface area contributed by atoms with Crippen molar-refractivity contribution in [2.75, 3.05) is 6.54 Å². The Morgan fingerprint density at radius 2 is 1.92 bits per heavy atom. The molecule has 1 aromatic carbocycles. The van der Waals surface area contributed by atoms with E-state index in [1.54, 1.807) is 17.4 Å². The molecular formula is C17H14N2O3S3. The van der Waals surface area contributed by atoms with Crippen molar-refractivity contribution in [3.8, 4) is 16.5 Å². The number of nitrogens with one attached hydrogen (secondary N) is 1. The summed E-state index contributed by atoms with van der Waals surface area (Å²) in [6.07, 6.45) is -0.925. The van der Waals surface area contributed by atoms with E-state index in [1.807, 2.05) is 29.0 Å². The number of aliphatic hydroxyl groups is 1. The number of benzene rings is 1. The number of nitriles is 1. The van der Waals surface area contributed by atoms with Gasteiger partial charge in [-0.15, -0.1) is 11.3 Å². The molecule has 0 aliphatic heterocycles. The topological polar surface area (TPSA) is 90.2 Å². The molecule has 0 bridgehead atoms. The van der Waals surface area contributed by atoms with Crippen molar-refractivity contribution < 1.29 is 13.5 Å². The maximum Gasteiger partial charge on any atom is 0.240 e. The Labute approximate surface area is 153 Å². The molecule has 2 aromatic heterocycles. The van der Waals surface area contributed by atoms with Crippen LogP contribution in [0, 0.1) is 11.3 Å². The third-order valence-corrected chi connectivity index (χ3v) is 6.88. The van der Waals surface area contributed by atoms with Gasteiger partial charge in [-0.3, -0.25) is 0 Å². The molecule has 1 atom stereocenters. The average molecular weight is 391 g/mol. The summed E-state index contributed by atoms with van der Waals surface area (Å²) in [4.78, 5) is 1.79. The molecule has 5 nitrogen and oxygen atoms in total. The lowest BCUT2D eigenvalue weighted by Gasteiger charge is -2.11. The van der Waals surface area contributed by atoms with Crippen LogP contribution in [-0.4, -0.2) is 20.1 Å². The van der Waals surface area contributed by atoms with Gasteiger partial charge in [-0.05, 0) is 53.2 Å². The number of rotatable bonds is 6. The maximum atomic E-state index is 12.3. The van der Waals surface area contributed by atoms with E-state index in [-0.39, 0.29) is 11.4 Å². The predicted molar refractivity (Wildman–Crippen MR) is 98.9 cm³/mol. The fourth-order valence-corrected chi connectivity index (χ4v) is 4.93. The second-order valence-corrected chi connectivity index (χ2v) is 8.88. The van der Waals surface area contributed by atoms with Crippen LogP contribution in [0.15, 0.2) is 58.1 Å². The smallest absolute Gasteiger partial charge is 0.240 e. The summed E-state index contributed by atoms with van der Waals surface area (Å²) in [6.45, 7) is -0.119. The van der Waals surface area contributed by atoms with Gasteiger partial charge in [-0.2, -0.15) is 16.6 Å². The van der Waals surface area contributed by atoms with Crippen molar-refractivity contribution in [3.63, 3.8) is 0 Å². The Hall–Kier alpha value is -2.02. The molecule has 2 heterocycles. The minimum Gasteiger partial charge on any atom is -0.386 e. The Morgan fingerprint density at radius 1 is 1.16 bits per heavy atom. The van der Waals surface area contributed by atoms with Crippen molar-refractivity contribution in [2.45, 2.75) is 11.0 Å². The normalized spacial score (nSPS) is 12.6. The molecule has 0 fully saturated rings. The van der Waals surface area contributed by atoms with E-state index in [9.17, 15) is 13.5 Å². The van der Waals surface area contributed by atoms with Crippen LogP contribution in [0.3, 0.4) is 0 Å². The van der Waals surface area contributed by atoms with Crippen LogP contribution < -0.4 is 4.72 Å². The third-order valence-electron chi connectivity index (χ3n) is 3.52. The molecule has 0 amide bonds. The molecule has 1 unspecified atom stereocenters. The fraction of sp³-hybridized carbons (Fsp3) is 0.118.